The van der Waals surface area contributed by atoms with Crippen molar-refractivity contribution in [3.63, 3.8) is 0 Å². The van der Waals surface area contributed by atoms with Gasteiger partial charge in [0.05, 0.1) is 21.8 Å². The summed E-state index contributed by atoms with van der Waals surface area (Å²) in [6, 6.07) is 6.90. The second kappa shape index (κ2) is 6.95. The summed E-state index contributed by atoms with van der Waals surface area (Å²) in [4.78, 5) is 28.4. The van der Waals surface area contributed by atoms with Crippen molar-refractivity contribution in [2.24, 2.45) is 0 Å². The van der Waals surface area contributed by atoms with E-state index in [4.69, 9.17) is 27.9 Å². The number of imide groups is 1. The van der Waals surface area contributed by atoms with Crippen LogP contribution in [0.5, 0.6) is 11.5 Å². The van der Waals surface area contributed by atoms with E-state index >= 15 is 0 Å². The normalized spacial score (nSPS) is 19.3. The van der Waals surface area contributed by atoms with Crippen molar-refractivity contribution in [1.29, 1.82) is 0 Å². The monoisotopic (exact) mass is 406 g/mol. The van der Waals surface area contributed by atoms with Crippen molar-refractivity contribution in [2.75, 3.05) is 0 Å². The van der Waals surface area contributed by atoms with Crippen LogP contribution < -0.4 is 10.1 Å². The maximum Gasteiger partial charge on any atom is 0.290 e. The number of nitrogens with one attached hydrogen (secondary N) is 1. The lowest BCUT2D eigenvalue weighted by molar-refractivity contribution is -0.115. The van der Waals surface area contributed by atoms with Crippen molar-refractivity contribution in [1.82, 2.24) is 10.3 Å². The second-order valence-electron chi connectivity index (χ2n) is 5.86. The number of halogens is 2. The Morgan fingerprint density at radius 3 is 2.73 bits per heavy atom. The summed E-state index contributed by atoms with van der Waals surface area (Å²) < 4.78 is 5.82. The van der Waals surface area contributed by atoms with E-state index in [1.54, 1.807) is 24.4 Å². The Balaban J connectivity index is 1.68. The Morgan fingerprint density at radius 2 is 2.00 bits per heavy atom. The Kier molecular flexibility index (Phi) is 4.65. The molecule has 1 aromatic carbocycles. The second-order valence-corrected chi connectivity index (χ2v) is 7.69. The van der Waals surface area contributed by atoms with E-state index < -0.39 is 0 Å². The van der Waals surface area contributed by atoms with Gasteiger partial charge in [0.1, 0.15) is 11.5 Å². The van der Waals surface area contributed by atoms with Crippen molar-refractivity contribution in [3.8, 4) is 11.5 Å². The van der Waals surface area contributed by atoms with E-state index in [9.17, 15) is 9.59 Å². The van der Waals surface area contributed by atoms with Crippen LogP contribution in [0, 0.1) is 0 Å². The summed E-state index contributed by atoms with van der Waals surface area (Å²) in [5.74, 6) is 0.695. The van der Waals surface area contributed by atoms with Crippen LogP contribution in [0.25, 0.3) is 5.57 Å². The van der Waals surface area contributed by atoms with Gasteiger partial charge in [0.25, 0.3) is 11.1 Å². The summed E-state index contributed by atoms with van der Waals surface area (Å²) in [5, 5.41) is 2.90. The third-order valence-electron chi connectivity index (χ3n) is 4.11. The molecule has 132 valence electrons. The molecule has 0 spiro atoms. The lowest BCUT2D eigenvalue weighted by atomic mass is 9.91. The molecule has 4 rings (SSSR count). The van der Waals surface area contributed by atoms with Crippen LogP contribution in [0.3, 0.4) is 0 Å². The Morgan fingerprint density at radius 1 is 1.15 bits per heavy atom. The summed E-state index contributed by atoms with van der Waals surface area (Å²) in [6.07, 6.45) is 4.01. The maximum atomic E-state index is 12.0. The van der Waals surface area contributed by atoms with Crippen molar-refractivity contribution < 1.29 is 14.3 Å². The van der Waals surface area contributed by atoms with E-state index in [2.05, 4.69) is 10.3 Å². The van der Waals surface area contributed by atoms with Gasteiger partial charge in [0.15, 0.2) is 0 Å². The number of fused-ring (bicyclic) bond motifs is 1. The fraction of sp³-hybridized carbons (Fsp3) is 0.167. The number of aryl methyl sites for hydroxylation is 1. The van der Waals surface area contributed by atoms with Gasteiger partial charge in [0.2, 0.25) is 0 Å². The number of amides is 2. The Labute approximate surface area is 163 Å². The number of aromatic nitrogens is 1. The molecule has 0 bridgehead atoms. The summed E-state index contributed by atoms with van der Waals surface area (Å²) in [6.45, 7) is 0. The van der Waals surface area contributed by atoms with Gasteiger partial charge in [-0.2, -0.15) is 0 Å². The molecule has 0 atom stereocenters. The molecule has 8 heteroatoms. The molecule has 0 radical (unpaired) electrons. The van der Waals surface area contributed by atoms with Crippen LogP contribution in [0.1, 0.15) is 24.1 Å². The molecule has 1 aliphatic carbocycles. The quantitative estimate of drug-likeness (QED) is 0.693. The third kappa shape index (κ3) is 3.32. The first-order chi connectivity index (χ1) is 12.5. The highest BCUT2D eigenvalue weighted by Gasteiger charge is 2.31. The SMILES string of the molecule is O=C1NC(=O)/C(=C2\CCCc3cc(Oc4ccc(Cl)cc4Cl)cnc32)S1. The zero-order valence-electron chi connectivity index (χ0n) is 13.3. The summed E-state index contributed by atoms with van der Waals surface area (Å²) >= 11 is 13.0. The molecular weight excluding hydrogens is 395 g/mol. The molecule has 1 aliphatic heterocycles. The van der Waals surface area contributed by atoms with Crippen LogP contribution in [-0.4, -0.2) is 16.1 Å². The number of benzene rings is 1. The number of carbonyl (C=O) groups excluding carboxylic acids is 2. The lowest BCUT2D eigenvalue weighted by Crippen LogP contribution is -2.19. The standard InChI is InChI=1S/C18H12Cl2N2O3S/c19-10-4-5-14(13(20)7-10)25-11-6-9-2-1-3-12(15(9)21-8-11)16-17(23)22-18(24)26-16/h4-8H,1-3H2,(H,22,23,24)/b16-12-. The smallest absolute Gasteiger partial charge is 0.290 e. The van der Waals surface area contributed by atoms with Crippen LogP contribution in [-0.2, 0) is 11.2 Å². The van der Waals surface area contributed by atoms with Crippen LogP contribution in [0.2, 0.25) is 10.0 Å². The summed E-state index contributed by atoms with van der Waals surface area (Å²) in [5.41, 5.74) is 2.54. The molecule has 1 fully saturated rings. The highest BCUT2D eigenvalue weighted by atomic mass is 35.5. The summed E-state index contributed by atoms with van der Waals surface area (Å²) in [7, 11) is 0. The third-order valence-corrected chi connectivity index (χ3v) is 5.57. The molecular formula is C18H12Cl2N2O3S. The Hall–Kier alpha value is -2.02. The average molecular weight is 407 g/mol. The predicted octanol–water partition coefficient (Wildman–Crippen LogP) is 5.21. The van der Waals surface area contributed by atoms with Gasteiger partial charge in [-0.05, 0) is 66.4 Å². The molecule has 5 nitrogen and oxygen atoms in total. The highest BCUT2D eigenvalue weighted by Crippen LogP contribution is 2.40. The number of hydrogen-bond acceptors (Lipinski definition) is 5. The first-order valence-corrected chi connectivity index (χ1v) is 9.47. The molecule has 2 heterocycles. The molecule has 1 N–H and O–H groups in total. The predicted molar refractivity (Wildman–Crippen MR) is 102 cm³/mol. The van der Waals surface area contributed by atoms with Crippen molar-refractivity contribution >= 4 is 51.7 Å². The molecule has 26 heavy (non-hydrogen) atoms. The maximum absolute atomic E-state index is 12.0. The van der Waals surface area contributed by atoms with E-state index in [1.165, 1.54) is 0 Å². The number of carbonyl (C=O) groups is 2. The number of nitrogens with zero attached hydrogens (tertiary/aromatic N) is 1. The minimum atomic E-state index is -0.349. The van der Waals surface area contributed by atoms with Gasteiger partial charge in [-0.15, -0.1) is 0 Å². The van der Waals surface area contributed by atoms with Gasteiger partial charge in [-0.3, -0.25) is 19.9 Å². The van der Waals surface area contributed by atoms with E-state index in [1.807, 2.05) is 6.07 Å². The van der Waals surface area contributed by atoms with E-state index in [0.717, 1.165) is 41.4 Å². The first kappa shape index (κ1) is 17.4. The molecule has 1 aromatic heterocycles. The zero-order valence-corrected chi connectivity index (χ0v) is 15.7. The van der Waals surface area contributed by atoms with E-state index in [0.29, 0.717) is 32.9 Å². The topological polar surface area (TPSA) is 68.3 Å². The fourth-order valence-corrected chi connectivity index (χ4v) is 4.24. The number of thioether (sulfide) groups is 1. The van der Waals surface area contributed by atoms with Gasteiger partial charge in [-0.25, -0.2) is 0 Å². The highest BCUT2D eigenvalue weighted by molar-refractivity contribution is 8.18. The van der Waals surface area contributed by atoms with Gasteiger partial charge in [-0.1, -0.05) is 23.2 Å². The van der Waals surface area contributed by atoms with Crippen LogP contribution >= 0.6 is 35.0 Å². The first-order valence-electron chi connectivity index (χ1n) is 7.90. The molecule has 2 amide bonds. The molecule has 0 saturated carbocycles. The minimum Gasteiger partial charge on any atom is -0.454 e. The molecule has 2 aliphatic rings. The number of ether oxygens (including phenoxy) is 1. The largest absolute Gasteiger partial charge is 0.454 e. The lowest BCUT2D eigenvalue weighted by Gasteiger charge is -2.20. The number of pyridine rings is 1. The molecule has 1 saturated heterocycles. The number of allylic oxidation sites excluding steroid dienone is 1. The van der Waals surface area contributed by atoms with Crippen molar-refractivity contribution in [3.05, 3.63) is 56.7 Å². The van der Waals surface area contributed by atoms with Crippen LogP contribution in [0.15, 0.2) is 35.4 Å². The molecule has 0 unspecified atom stereocenters. The fourth-order valence-electron chi connectivity index (χ4n) is 3.00. The number of rotatable bonds is 2. The van der Waals surface area contributed by atoms with Crippen LogP contribution in [0.4, 0.5) is 4.79 Å². The van der Waals surface area contributed by atoms with Gasteiger partial charge < -0.3 is 4.74 Å². The Bertz CT molecular complexity index is 975. The van der Waals surface area contributed by atoms with Crippen molar-refractivity contribution in [2.45, 2.75) is 19.3 Å². The zero-order chi connectivity index (χ0) is 18.3. The van der Waals surface area contributed by atoms with Gasteiger partial charge in [0, 0.05) is 5.02 Å². The van der Waals surface area contributed by atoms with E-state index in [-0.39, 0.29) is 11.1 Å². The minimum absolute atomic E-state index is 0.345. The molecule has 2 aromatic rings. The number of hydrogen-bond donors (Lipinski definition) is 1. The van der Waals surface area contributed by atoms with Gasteiger partial charge >= 0.3 is 0 Å². The average Bonchev–Trinajstić information content (AvgIpc) is 2.95.